The minimum Gasteiger partial charge on any atom is -0.357 e. The minimum atomic E-state index is 0.0870. The molecular formula is C14H22N4S. The van der Waals surface area contributed by atoms with Crippen LogP contribution in [0.25, 0.3) is 4.96 Å². The molecule has 19 heavy (non-hydrogen) atoms. The lowest BCUT2D eigenvalue weighted by Gasteiger charge is -2.13. The van der Waals surface area contributed by atoms with Crippen molar-refractivity contribution in [3.05, 3.63) is 11.9 Å². The Labute approximate surface area is 118 Å². The van der Waals surface area contributed by atoms with Crippen molar-refractivity contribution < 1.29 is 0 Å². The molecule has 3 rings (SSSR count). The first-order valence-electron chi connectivity index (χ1n) is 7.10. The average molecular weight is 278 g/mol. The summed E-state index contributed by atoms with van der Waals surface area (Å²) in [6, 6.07) is 0.637. The Balaban J connectivity index is 1.72. The molecule has 1 fully saturated rings. The smallest absolute Gasteiger partial charge is 0.214 e. The molecule has 0 saturated heterocycles. The van der Waals surface area contributed by atoms with Gasteiger partial charge in [-0.05, 0) is 18.8 Å². The van der Waals surface area contributed by atoms with Gasteiger partial charge >= 0.3 is 0 Å². The summed E-state index contributed by atoms with van der Waals surface area (Å²) in [4.78, 5) is 5.65. The highest BCUT2D eigenvalue weighted by molar-refractivity contribution is 7.20. The van der Waals surface area contributed by atoms with Crippen LogP contribution in [-0.2, 0) is 5.41 Å². The van der Waals surface area contributed by atoms with E-state index in [1.54, 1.807) is 11.3 Å². The Hall–Kier alpha value is -1.10. The molecular weight excluding hydrogens is 256 g/mol. The molecule has 1 N–H and O–H groups in total. The highest BCUT2D eigenvalue weighted by atomic mass is 32.1. The maximum absolute atomic E-state index is 4.67. The lowest BCUT2D eigenvalue weighted by atomic mass is 9.93. The van der Waals surface area contributed by atoms with Gasteiger partial charge in [-0.1, -0.05) is 45.5 Å². The monoisotopic (exact) mass is 278 g/mol. The van der Waals surface area contributed by atoms with Crippen molar-refractivity contribution in [3.8, 4) is 0 Å². The second kappa shape index (κ2) is 4.47. The summed E-state index contributed by atoms with van der Waals surface area (Å²) >= 11 is 1.65. The largest absolute Gasteiger partial charge is 0.357 e. The molecule has 1 saturated carbocycles. The van der Waals surface area contributed by atoms with E-state index in [1.165, 1.54) is 19.3 Å². The van der Waals surface area contributed by atoms with Crippen LogP contribution in [0.4, 0.5) is 5.13 Å². The van der Waals surface area contributed by atoms with E-state index >= 15 is 0 Å². The number of imidazole rings is 1. The lowest BCUT2D eigenvalue weighted by molar-refractivity contribution is 0.572. The standard InChI is InChI=1S/C14H22N4S/c1-5-6-9-7-10(9)15-12-17-18-8-11(14(2,3)4)16-13(18)19-12/h8-10H,5-7H2,1-4H3,(H,15,17). The van der Waals surface area contributed by atoms with Gasteiger partial charge in [0.1, 0.15) is 0 Å². The van der Waals surface area contributed by atoms with Gasteiger partial charge < -0.3 is 5.32 Å². The number of aromatic nitrogens is 3. The van der Waals surface area contributed by atoms with Gasteiger partial charge in [0.25, 0.3) is 0 Å². The van der Waals surface area contributed by atoms with Crippen LogP contribution in [0.15, 0.2) is 6.20 Å². The molecule has 2 aromatic rings. The van der Waals surface area contributed by atoms with Crippen LogP contribution in [0.5, 0.6) is 0 Å². The normalized spacial score (nSPS) is 22.9. The van der Waals surface area contributed by atoms with E-state index in [1.807, 2.05) is 10.7 Å². The molecule has 0 aliphatic heterocycles. The Kier molecular flexibility index (Phi) is 3.04. The minimum absolute atomic E-state index is 0.0870. The van der Waals surface area contributed by atoms with Crippen molar-refractivity contribution in [3.63, 3.8) is 0 Å². The summed E-state index contributed by atoms with van der Waals surface area (Å²) in [6.07, 6.45) is 5.95. The zero-order valence-corrected chi connectivity index (χ0v) is 12.9. The topological polar surface area (TPSA) is 42.2 Å². The van der Waals surface area contributed by atoms with Crippen molar-refractivity contribution in [2.75, 3.05) is 5.32 Å². The molecule has 2 heterocycles. The summed E-state index contributed by atoms with van der Waals surface area (Å²) in [5.74, 6) is 0.853. The predicted molar refractivity (Wildman–Crippen MR) is 80.0 cm³/mol. The maximum Gasteiger partial charge on any atom is 0.214 e. The third-order valence-electron chi connectivity index (χ3n) is 3.70. The number of nitrogens with zero attached hydrogens (tertiary/aromatic N) is 3. The maximum atomic E-state index is 4.67. The van der Waals surface area contributed by atoms with Gasteiger partial charge in [0.15, 0.2) is 0 Å². The van der Waals surface area contributed by atoms with Gasteiger partial charge in [0.2, 0.25) is 10.1 Å². The van der Waals surface area contributed by atoms with Crippen LogP contribution >= 0.6 is 11.3 Å². The Morgan fingerprint density at radius 3 is 2.89 bits per heavy atom. The van der Waals surface area contributed by atoms with Crippen LogP contribution in [0.2, 0.25) is 0 Å². The first-order chi connectivity index (χ1) is 8.97. The van der Waals surface area contributed by atoms with Crippen molar-refractivity contribution in [1.29, 1.82) is 0 Å². The van der Waals surface area contributed by atoms with E-state index in [9.17, 15) is 0 Å². The fraction of sp³-hybridized carbons (Fsp3) is 0.714. The van der Waals surface area contributed by atoms with Crippen molar-refractivity contribution in [2.24, 2.45) is 5.92 Å². The molecule has 0 spiro atoms. The Bertz CT molecular complexity index is 546. The predicted octanol–water partition coefficient (Wildman–Crippen LogP) is 3.69. The summed E-state index contributed by atoms with van der Waals surface area (Å²) in [6.45, 7) is 8.79. The number of nitrogens with one attached hydrogen (secondary N) is 1. The number of fused-ring (bicyclic) bond motifs is 1. The number of rotatable bonds is 4. The van der Waals surface area contributed by atoms with Crippen LogP contribution in [0.1, 0.15) is 52.7 Å². The molecule has 2 atom stereocenters. The highest BCUT2D eigenvalue weighted by Crippen LogP contribution is 2.38. The summed E-state index contributed by atoms with van der Waals surface area (Å²) in [7, 11) is 0. The van der Waals surface area contributed by atoms with E-state index < -0.39 is 0 Å². The third-order valence-corrected chi connectivity index (χ3v) is 4.56. The zero-order valence-electron chi connectivity index (χ0n) is 12.1. The first kappa shape index (κ1) is 12.9. The van der Waals surface area contributed by atoms with E-state index in [2.05, 4.69) is 43.1 Å². The average Bonchev–Trinajstić information content (AvgIpc) is 2.72. The second-order valence-electron chi connectivity index (χ2n) is 6.55. The molecule has 0 bridgehead atoms. The summed E-state index contributed by atoms with van der Waals surface area (Å²) in [5.41, 5.74) is 1.19. The zero-order chi connectivity index (χ0) is 13.6. The molecule has 4 nitrogen and oxygen atoms in total. The summed E-state index contributed by atoms with van der Waals surface area (Å²) < 4.78 is 1.91. The molecule has 104 valence electrons. The van der Waals surface area contributed by atoms with E-state index in [0.29, 0.717) is 6.04 Å². The molecule has 2 aromatic heterocycles. The van der Waals surface area contributed by atoms with Crippen LogP contribution in [0.3, 0.4) is 0 Å². The van der Waals surface area contributed by atoms with Gasteiger partial charge in [-0.2, -0.15) is 0 Å². The SMILES string of the molecule is CCCC1CC1Nc1nn2cc(C(C)(C)C)nc2s1. The molecule has 1 aliphatic carbocycles. The van der Waals surface area contributed by atoms with Gasteiger partial charge in [-0.15, -0.1) is 5.10 Å². The van der Waals surface area contributed by atoms with E-state index in [0.717, 1.165) is 21.7 Å². The van der Waals surface area contributed by atoms with Crippen LogP contribution in [-0.4, -0.2) is 20.6 Å². The van der Waals surface area contributed by atoms with Crippen LogP contribution in [0, 0.1) is 5.92 Å². The van der Waals surface area contributed by atoms with Crippen molar-refractivity contribution >= 4 is 21.4 Å². The highest BCUT2D eigenvalue weighted by Gasteiger charge is 2.36. The Morgan fingerprint density at radius 2 is 2.26 bits per heavy atom. The quantitative estimate of drug-likeness (QED) is 0.927. The molecule has 0 aromatic carbocycles. The second-order valence-corrected chi connectivity index (χ2v) is 7.50. The van der Waals surface area contributed by atoms with Crippen molar-refractivity contribution in [2.45, 2.75) is 58.4 Å². The number of hydrogen-bond donors (Lipinski definition) is 1. The molecule has 0 radical (unpaired) electrons. The van der Waals surface area contributed by atoms with Crippen molar-refractivity contribution in [1.82, 2.24) is 14.6 Å². The lowest BCUT2D eigenvalue weighted by Crippen LogP contribution is -2.11. The first-order valence-corrected chi connectivity index (χ1v) is 7.92. The molecule has 1 aliphatic rings. The van der Waals surface area contributed by atoms with E-state index in [4.69, 9.17) is 0 Å². The number of anilines is 1. The van der Waals surface area contributed by atoms with Gasteiger partial charge in [0, 0.05) is 11.5 Å². The third kappa shape index (κ3) is 2.61. The summed E-state index contributed by atoms with van der Waals surface area (Å²) in [5, 5.41) is 9.12. The fourth-order valence-corrected chi connectivity index (χ4v) is 3.24. The fourth-order valence-electron chi connectivity index (χ4n) is 2.39. The van der Waals surface area contributed by atoms with Gasteiger partial charge in [-0.3, -0.25) is 0 Å². The van der Waals surface area contributed by atoms with Crippen LogP contribution < -0.4 is 5.32 Å². The van der Waals surface area contributed by atoms with Gasteiger partial charge in [-0.25, -0.2) is 9.50 Å². The number of hydrogen-bond acceptors (Lipinski definition) is 4. The molecule has 2 unspecified atom stereocenters. The molecule has 5 heteroatoms. The Morgan fingerprint density at radius 1 is 1.47 bits per heavy atom. The van der Waals surface area contributed by atoms with E-state index in [-0.39, 0.29) is 5.41 Å². The van der Waals surface area contributed by atoms with Gasteiger partial charge in [0.05, 0.1) is 11.9 Å². The molecule has 0 amide bonds.